The molecular weight excluding hydrogens is 397 g/mol. The number of hydrogen-bond acceptors (Lipinski definition) is 3. The van der Waals surface area contributed by atoms with Crippen molar-refractivity contribution in [3.8, 4) is 0 Å². The highest BCUT2D eigenvalue weighted by Crippen LogP contribution is 2.32. The average molecular weight is 409 g/mol. The molecule has 0 aliphatic rings. The molecule has 0 heterocycles. The molecule has 0 bridgehead atoms. The van der Waals surface area contributed by atoms with Gasteiger partial charge in [0.25, 0.3) is 0 Å². The van der Waals surface area contributed by atoms with E-state index in [-0.39, 0.29) is 20.7 Å². The van der Waals surface area contributed by atoms with Gasteiger partial charge in [-0.15, -0.1) is 0 Å². The van der Waals surface area contributed by atoms with Gasteiger partial charge in [-0.2, -0.15) is 0 Å². The van der Waals surface area contributed by atoms with Gasteiger partial charge in [0, 0.05) is 33.3 Å². The smallest absolute Gasteiger partial charge is 0.243 e. The van der Waals surface area contributed by atoms with Gasteiger partial charge in [-0.25, -0.2) is 13.1 Å². The van der Waals surface area contributed by atoms with Crippen LogP contribution >= 0.6 is 39.1 Å². The Morgan fingerprint density at radius 3 is 2.26 bits per heavy atom. The minimum absolute atomic E-state index is 0.0247. The Morgan fingerprint density at radius 2 is 1.84 bits per heavy atom. The third kappa shape index (κ3) is 4.99. The maximum Gasteiger partial charge on any atom is 0.243 e. The van der Waals surface area contributed by atoms with Crippen LogP contribution < -0.4 is 4.72 Å². The predicted octanol–water partition coefficient (Wildman–Crippen LogP) is 2.80. The van der Waals surface area contributed by atoms with Crippen LogP contribution in [0, 0.1) is 0 Å². The highest BCUT2D eigenvalue weighted by Gasteiger charge is 2.24. The van der Waals surface area contributed by atoms with E-state index < -0.39 is 26.9 Å². The summed E-state index contributed by atoms with van der Waals surface area (Å²) < 4.78 is 38.4. The van der Waals surface area contributed by atoms with Crippen LogP contribution in [0.15, 0.2) is 21.5 Å². The van der Waals surface area contributed by atoms with E-state index in [0.29, 0.717) is 4.47 Å². The summed E-state index contributed by atoms with van der Waals surface area (Å²) >= 11 is 15.0. The van der Waals surface area contributed by atoms with E-state index >= 15 is 0 Å². The standard InChI is InChI=1S/C10H12BrCl2NO3S2/c1-6(5-18(2)15)14-19(16,17)10-8(12)3-7(11)4-9(10)13/h3-4,6,14H,5H2,1-2H3. The number of halogens is 3. The lowest BCUT2D eigenvalue weighted by atomic mass is 10.4. The molecule has 1 N–H and O–H groups in total. The molecule has 1 rings (SSSR count). The van der Waals surface area contributed by atoms with Gasteiger partial charge < -0.3 is 0 Å². The summed E-state index contributed by atoms with van der Waals surface area (Å²) in [6.45, 7) is 1.62. The first-order valence-corrected chi connectivity index (χ1v) is 9.86. The van der Waals surface area contributed by atoms with Crippen molar-refractivity contribution >= 4 is 60.0 Å². The fraction of sp³-hybridized carbons (Fsp3) is 0.400. The molecule has 2 unspecified atom stereocenters. The minimum atomic E-state index is -3.85. The van der Waals surface area contributed by atoms with Crippen LogP contribution in [0.2, 0.25) is 10.0 Å². The second kappa shape index (κ2) is 6.87. The predicted molar refractivity (Wildman–Crippen MR) is 82.9 cm³/mol. The van der Waals surface area contributed by atoms with Crippen molar-refractivity contribution in [2.45, 2.75) is 17.9 Å². The second-order valence-corrected chi connectivity index (χ2v) is 8.82. The van der Waals surface area contributed by atoms with Gasteiger partial charge >= 0.3 is 0 Å². The van der Waals surface area contributed by atoms with E-state index in [2.05, 4.69) is 20.7 Å². The molecule has 19 heavy (non-hydrogen) atoms. The average Bonchev–Trinajstić information content (AvgIpc) is 2.10. The Hall–Kier alpha value is 0.340. The fourth-order valence-electron chi connectivity index (χ4n) is 1.50. The molecule has 4 nitrogen and oxygen atoms in total. The summed E-state index contributed by atoms with van der Waals surface area (Å²) in [6.07, 6.45) is 1.50. The summed E-state index contributed by atoms with van der Waals surface area (Å²) in [7, 11) is -4.95. The molecule has 0 fully saturated rings. The Balaban J connectivity index is 3.11. The third-order valence-corrected chi connectivity index (χ3v) is 6.01. The quantitative estimate of drug-likeness (QED) is 0.814. The van der Waals surface area contributed by atoms with Crippen molar-refractivity contribution < 1.29 is 12.6 Å². The Morgan fingerprint density at radius 1 is 1.37 bits per heavy atom. The van der Waals surface area contributed by atoms with Crippen molar-refractivity contribution in [1.29, 1.82) is 0 Å². The lowest BCUT2D eigenvalue weighted by Gasteiger charge is -2.15. The zero-order valence-corrected chi connectivity index (χ0v) is 14.8. The first-order valence-electron chi connectivity index (χ1n) is 5.10. The summed E-state index contributed by atoms with van der Waals surface area (Å²) in [5.74, 6) is 0.213. The van der Waals surface area contributed by atoms with E-state index in [1.54, 1.807) is 6.92 Å². The normalized spacial score (nSPS) is 15.2. The molecule has 1 aromatic carbocycles. The highest BCUT2D eigenvalue weighted by atomic mass is 79.9. The summed E-state index contributed by atoms with van der Waals surface area (Å²) in [6, 6.07) is 2.42. The third-order valence-electron chi connectivity index (χ3n) is 2.07. The maximum atomic E-state index is 12.2. The highest BCUT2D eigenvalue weighted by molar-refractivity contribution is 9.10. The van der Waals surface area contributed by atoms with Gasteiger partial charge in [-0.05, 0) is 19.1 Å². The van der Waals surface area contributed by atoms with E-state index in [4.69, 9.17) is 23.2 Å². The maximum absolute atomic E-state index is 12.2. The van der Waals surface area contributed by atoms with Gasteiger partial charge in [0.1, 0.15) is 4.90 Å². The molecule has 0 aromatic heterocycles. The largest absolute Gasteiger partial charge is 0.260 e. The van der Waals surface area contributed by atoms with Gasteiger partial charge in [0.15, 0.2) is 0 Å². The molecule has 9 heteroatoms. The summed E-state index contributed by atoms with van der Waals surface area (Å²) in [4.78, 5) is -0.173. The lowest BCUT2D eigenvalue weighted by molar-refractivity contribution is 0.570. The van der Waals surface area contributed by atoms with Crippen LogP contribution in [-0.2, 0) is 20.8 Å². The summed E-state index contributed by atoms with van der Waals surface area (Å²) in [5, 5.41) is 0.0494. The van der Waals surface area contributed by atoms with Crippen LogP contribution in [0.4, 0.5) is 0 Å². The van der Waals surface area contributed by atoms with Gasteiger partial charge in [-0.1, -0.05) is 39.1 Å². The molecule has 108 valence electrons. The summed E-state index contributed by atoms with van der Waals surface area (Å²) in [5.41, 5.74) is 0. The molecule has 0 spiro atoms. The number of benzene rings is 1. The van der Waals surface area contributed by atoms with Gasteiger partial charge in [0.2, 0.25) is 10.0 Å². The SMILES string of the molecule is CC(CS(C)=O)NS(=O)(=O)c1c(Cl)cc(Br)cc1Cl. The molecule has 0 amide bonds. The molecular formula is C10H12BrCl2NO3S2. The van der Waals surface area contributed by atoms with Gasteiger partial charge in [0.05, 0.1) is 10.0 Å². The second-order valence-electron chi connectivity index (χ2n) is 3.96. The van der Waals surface area contributed by atoms with Crippen molar-refractivity contribution in [2.24, 2.45) is 0 Å². The van der Waals surface area contributed by atoms with Gasteiger partial charge in [-0.3, -0.25) is 4.21 Å². The van der Waals surface area contributed by atoms with E-state index in [1.807, 2.05) is 0 Å². The minimum Gasteiger partial charge on any atom is -0.260 e. The first-order chi connectivity index (χ1) is 8.63. The number of hydrogen-bond donors (Lipinski definition) is 1. The lowest BCUT2D eigenvalue weighted by Crippen LogP contribution is -2.36. The zero-order chi connectivity index (χ0) is 14.8. The molecule has 0 saturated heterocycles. The number of nitrogens with one attached hydrogen (secondary N) is 1. The van der Waals surface area contributed by atoms with Crippen LogP contribution in [-0.4, -0.2) is 30.7 Å². The Bertz CT molecular complexity index is 584. The van der Waals surface area contributed by atoms with Crippen LogP contribution in [0.3, 0.4) is 0 Å². The molecule has 1 aromatic rings. The Labute approximate surface area is 133 Å². The van der Waals surface area contributed by atoms with Crippen LogP contribution in [0.25, 0.3) is 0 Å². The Kier molecular flexibility index (Phi) is 6.28. The fourth-order valence-corrected chi connectivity index (χ4v) is 5.57. The van der Waals surface area contributed by atoms with Crippen molar-refractivity contribution in [2.75, 3.05) is 12.0 Å². The van der Waals surface area contributed by atoms with E-state index in [0.717, 1.165) is 0 Å². The zero-order valence-electron chi connectivity index (χ0n) is 10.1. The van der Waals surface area contributed by atoms with Crippen molar-refractivity contribution in [3.63, 3.8) is 0 Å². The topological polar surface area (TPSA) is 63.2 Å². The van der Waals surface area contributed by atoms with E-state index in [9.17, 15) is 12.6 Å². The molecule has 2 atom stereocenters. The monoisotopic (exact) mass is 407 g/mol. The number of rotatable bonds is 5. The molecule has 0 saturated carbocycles. The molecule has 0 aliphatic carbocycles. The molecule has 0 radical (unpaired) electrons. The van der Waals surface area contributed by atoms with E-state index in [1.165, 1.54) is 18.4 Å². The number of sulfonamides is 1. The van der Waals surface area contributed by atoms with Crippen molar-refractivity contribution in [1.82, 2.24) is 4.72 Å². The first kappa shape index (κ1) is 17.4. The van der Waals surface area contributed by atoms with Crippen LogP contribution in [0.5, 0.6) is 0 Å². The van der Waals surface area contributed by atoms with Crippen LogP contribution in [0.1, 0.15) is 6.92 Å². The molecule has 0 aliphatic heterocycles. The van der Waals surface area contributed by atoms with Crippen molar-refractivity contribution in [3.05, 3.63) is 26.7 Å².